The van der Waals surface area contributed by atoms with E-state index >= 15 is 0 Å². The first kappa shape index (κ1) is 14.6. The number of furan rings is 1. The predicted molar refractivity (Wildman–Crippen MR) is 82.6 cm³/mol. The number of benzene rings is 1. The van der Waals surface area contributed by atoms with Crippen molar-refractivity contribution in [3.8, 4) is 0 Å². The maximum absolute atomic E-state index is 12.3. The highest BCUT2D eigenvalue weighted by molar-refractivity contribution is 5.95. The molecule has 2 heterocycles. The van der Waals surface area contributed by atoms with Gasteiger partial charge in [0, 0.05) is 12.2 Å². The summed E-state index contributed by atoms with van der Waals surface area (Å²) in [5.41, 5.74) is 4.68. The van der Waals surface area contributed by atoms with Crippen LogP contribution >= 0.6 is 0 Å². The minimum atomic E-state index is -1.18. The summed E-state index contributed by atoms with van der Waals surface area (Å²) in [7, 11) is 0. The number of rotatable bonds is 4. The Balaban J connectivity index is 1.91. The second-order valence-electron chi connectivity index (χ2n) is 4.90. The monoisotopic (exact) mass is 310 g/mol. The minimum absolute atomic E-state index is 0.453. The van der Waals surface area contributed by atoms with Gasteiger partial charge in [0.05, 0.1) is 12.0 Å². The maximum Gasteiger partial charge on any atom is 0.328 e. The average Bonchev–Trinajstić information content (AvgIpc) is 3.22. The highest BCUT2D eigenvalue weighted by Crippen LogP contribution is 2.31. The van der Waals surface area contributed by atoms with Crippen molar-refractivity contribution in [2.75, 3.05) is 0 Å². The van der Waals surface area contributed by atoms with Crippen LogP contribution in [0.15, 0.2) is 71.4 Å². The number of carbonyl (C=O) groups excluding carboxylic acids is 1. The van der Waals surface area contributed by atoms with Crippen molar-refractivity contribution in [1.82, 2.24) is 10.4 Å². The summed E-state index contributed by atoms with van der Waals surface area (Å²) in [6, 6.07) is 12.6. The third kappa shape index (κ3) is 3.16. The van der Waals surface area contributed by atoms with E-state index in [1.165, 1.54) is 11.3 Å². The van der Waals surface area contributed by atoms with Crippen molar-refractivity contribution >= 4 is 17.6 Å². The lowest BCUT2D eigenvalue weighted by Gasteiger charge is -2.22. The Labute approximate surface area is 132 Å². The lowest BCUT2D eigenvalue weighted by Crippen LogP contribution is -2.38. The fraction of sp³-hybridized carbons (Fsp3) is 0.0588. The summed E-state index contributed by atoms with van der Waals surface area (Å²) in [6.07, 6.45) is 5.21. The van der Waals surface area contributed by atoms with Gasteiger partial charge in [-0.1, -0.05) is 30.3 Å². The molecule has 0 saturated carbocycles. The van der Waals surface area contributed by atoms with Crippen molar-refractivity contribution in [2.45, 2.75) is 6.04 Å². The van der Waals surface area contributed by atoms with E-state index in [2.05, 4.69) is 5.43 Å². The van der Waals surface area contributed by atoms with Gasteiger partial charge in [-0.2, -0.15) is 0 Å². The van der Waals surface area contributed by atoms with E-state index < -0.39 is 17.9 Å². The normalized spacial score (nSPS) is 17.1. The molecule has 1 aromatic carbocycles. The van der Waals surface area contributed by atoms with E-state index in [0.29, 0.717) is 5.76 Å². The molecule has 2 aromatic rings. The molecule has 6 heteroatoms. The highest BCUT2D eigenvalue weighted by Gasteiger charge is 2.31. The topological polar surface area (TPSA) is 82.8 Å². The van der Waals surface area contributed by atoms with Crippen LogP contribution in [0.25, 0.3) is 5.70 Å². The Morgan fingerprint density at radius 1 is 1.13 bits per heavy atom. The van der Waals surface area contributed by atoms with E-state index in [4.69, 9.17) is 9.52 Å². The van der Waals surface area contributed by atoms with Crippen LogP contribution < -0.4 is 5.43 Å². The Kier molecular flexibility index (Phi) is 3.97. The molecular weight excluding hydrogens is 296 g/mol. The van der Waals surface area contributed by atoms with Gasteiger partial charge in [-0.15, -0.1) is 0 Å². The summed E-state index contributed by atoms with van der Waals surface area (Å²) in [6.45, 7) is 0. The van der Waals surface area contributed by atoms with E-state index in [1.54, 1.807) is 12.1 Å². The van der Waals surface area contributed by atoms with E-state index in [1.807, 2.05) is 36.4 Å². The first-order valence-electron chi connectivity index (χ1n) is 6.96. The number of carbonyl (C=O) groups is 2. The van der Waals surface area contributed by atoms with Crippen molar-refractivity contribution in [3.05, 3.63) is 78.3 Å². The van der Waals surface area contributed by atoms with Crippen LogP contribution in [0.4, 0.5) is 0 Å². The molecular formula is C17H14N2O4. The van der Waals surface area contributed by atoms with E-state index in [9.17, 15) is 9.59 Å². The van der Waals surface area contributed by atoms with Crippen LogP contribution in [0.5, 0.6) is 0 Å². The van der Waals surface area contributed by atoms with E-state index in [-0.39, 0.29) is 0 Å². The minimum Gasteiger partial charge on any atom is -0.478 e. The molecule has 0 unspecified atom stereocenters. The largest absolute Gasteiger partial charge is 0.478 e. The number of nitrogens with one attached hydrogen (secondary N) is 1. The lowest BCUT2D eigenvalue weighted by molar-refractivity contribution is -0.133. The number of hydrogen-bond donors (Lipinski definition) is 2. The van der Waals surface area contributed by atoms with Crippen LogP contribution in [0.3, 0.4) is 0 Å². The number of carboxylic acids is 1. The van der Waals surface area contributed by atoms with Crippen molar-refractivity contribution < 1.29 is 19.1 Å². The van der Waals surface area contributed by atoms with Gasteiger partial charge in [0.25, 0.3) is 5.91 Å². The van der Waals surface area contributed by atoms with Gasteiger partial charge < -0.3 is 9.52 Å². The molecule has 0 radical (unpaired) electrons. The standard InChI is InChI=1S/C17H14N2O4/c20-16(8-9-17(21)22)19-14(15-7-4-10-23-15)11-13(18-19)12-5-2-1-3-6-12/h1-11,14,18H,(H,21,22)/t14-/m1/s1. The fourth-order valence-electron chi connectivity index (χ4n) is 2.33. The molecule has 0 saturated heterocycles. The molecule has 1 aliphatic rings. The number of nitrogens with zero attached hydrogens (tertiary/aromatic N) is 1. The summed E-state index contributed by atoms with van der Waals surface area (Å²) < 4.78 is 5.39. The molecule has 1 aromatic heterocycles. The molecule has 0 bridgehead atoms. The third-order valence-electron chi connectivity index (χ3n) is 3.37. The molecule has 3 rings (SSSR count). The Morgan fingerprint density at radius 3 is 2.57 bits per heavy atom. The molecule has 1 amide bonds. The van der Waals surface area contributed by atoms with Gasteiger partial charge in [0.15, 0.2) is 0 Å². The van der Waals surface area contributed by atoms with Gasteiger partial charge in [-0.25, -0.2) is 9.80 Å². The average molecular weight is 310 g/mol. The van der Waals surface area contributed by atoms with Crippen LogP contribution in [0.2, 0.25) is 0 Å². The van der Waals surface area contributed by atoms with Gasteiger partial charge in [-0.3, -0.25) is 10.2 Å². The number of amides is 1. The van der Waals surface area contributed by atoms with Crippen molar-refractivity contribution in [3.63, 3.8) is 0 Å². The zero-order chi connectivity index (χ0) is 16.2. The zero-order valence-corrected chi connectivity index (χ0v) is 12.0. The van der Waals surface area contributed by atoms with Crippen LogP contribution in [-0.2, 0) is 9.59 Å². The summed E-state index contributed by atoms with van der Waals surface area (Å²) in [4.78, 5) is 22.9. The number of carboxylic acid groups (broad SMARTS) is 1. The molecule has 0 aliphatic carbocycles. The molecule has 116 valence electrons. The second-order valence-corrected chi connectivity index (χ2v) is 4.90. The Hall–Kier alpha value is -3.28. The van der Waals surface area contributed by atoms with Crippen LogP contribution in [-0.4, -0.2) is 22.0 Å². The molecule has 0 fully saturated rings. The fourth-order valence-corrected chi connectivity index (χ4v) is 2.33. The van der Waals surface area contributed by atoms with Gasteiger partial charge in [0.1, 0.15) is 11.8 Å². The predicted octanol–water partition coefficient (Wildman–Crippen LogP) is 2.35. The maximum atomic E-state index is 12.3. The summed E-state index contributed by atoms with van der Waals surface area (Å²) in [5.74, 6) is -1.07. The first-order valence-corrected chi connectivity index (χ1v) is 6.96. The van der Waals surface area contributed by atoms with E-state index in [0.717, 1.165) is 23.4 Å². The van der Waals surface area contributed by atoms with Crippen molar-refractivity contribution in [2.24, 2.45) is 0 Å². The molecule has 1 aliphatic heterocycles. The quantitative estimate of drug-likeness (QED) is 0.847. The SMILES string of the molecule is O=C(O)C=CC(=O)N1NC(c2ccccc2)=C[C@@H]1c1ccco1. The van der Waals surface area contributed by atoms with Crippen LogP contribution in [0.1, 0.15) is 17.4 Å². The molecule has 0 spiro atoms. The molecule has 2 N–H and O–H groups in total. The number of hydrogen-bond acceptors (Lipinski definition) is 4. The molecule has 6 nitrogen and oxygen atoms in total. The number of hydrazine groups is 1. The molecule has 1 atom stereocenters. The van der Waals surface area contributed by atoms with Crippen LogP contribution in [0, 0.1) is 0 Å². The van der Waals surface area contributed by atoms with Gasteiger partial charge >= 0.3 is 5.97 Å². The first-order chi connectivity index (χ1) is 11.1. The Bertz CT molecular complexity index is 763. The summed E-state index contributed by atoms with van der Waals surface area (Å²) in [5, 5.41) is 10.0. The third-order valence-corrected chi connectivity index (χ3v) is 3.37. The van der Waals surface area contributed by atoms with Gasteiger partial charge in [0.2, 0.25) is 0 Å². The lowest BCUT2D eigenvalue weighted by atomic mass is 10.1. The smallest absolute Gasteiger partial charge is 0.328 e. The highest BCUT2D eigenvalue weighted by atomic mass is 16.4. The summed E-state index contributed by atoms with van der Waals surface area (Å²) >= 11 is 0. The number of aliphatic carboxylic acids is 1. The zero-order valence-electron chi connectivity index (χ0n) is 12.0. The Morgan fingerprint density at radius 2 is 1.91 bits per heavy atom. The van der Waals surface area contributed by atoms with Crippen molar-refractivity contribution in [1.29, 1.82) is 0 Å². The second kappa shape index (κ2) is 6.23. The molecule has 23 heavy (non-hydrogen) atoms. The van der Waals surface area contributed by atoms with Gasteiger partial charge in [-0.05, 0) is 23.8 Å².